The first-order valence-corrected chi connectivity index (χ1v) is 7.19. The third-order valence-corrected chi connectivity index (χ3v) is 3.60. The lowest BCUT2D eigenvalue weighted by molar-refractivity contribution is 0.448. The van der Waals surface area contributed by atoms with Crippen LogP contribution in [0.2, 0.25) is 0 Å². The van der Waals surface area contributed by atoms with Gasteiger partial charge in [0.05, 0.1) is 10.2 Å². The molecule has 6 heteroatoms. The Kier molecular flexibility index (Phi) is 3.93. The molecule has 2 aromatic rings. The number of ether oxygens (including phenoxy) is 1. The third-order valence-electron chi connectivity index (χ3n) is 2.96. The highest BCUT2D eigenvalue weighted by Crippen LogP contribution is 2.24. The quantitative estimate of drug-likeness (QED) is 0.908. The van der Waals surface area contributed by atoms with Gasteiger partial charge in [0.15, 0.2) is 0 Å². The van der Waals surface area contributed by atoms with Crippen LogP contribution in [-0.2, 0) is 6.54 Å². The Morgan fingerprint density at radius 1 is 1.25 bits per heavy atom. The topological polar surface area (TPSA) is 47.0 Å². The Labute approximate surface area is 124 Å². The van der Waals surface area contributed by atoms with Gasteiger partial charge >= 0.3 is 0 Å². The molecule has 20 heavy (non-hydrogen) atoms. The predicted octanol–water partition coefficient (Wildman–Crippen LogP) is 3.42. The lowest BCUT2D eigenvalue weighted by Gasteiger charge is -2.06. The summed E-state index contributed by atoms with van der Waals surface area (Å²) >= 11 is 3.09. The summed E-state index contributed by atoms with van der Waals surface area (Å²) in [7, 11) is 0. The highest BCUT2D eigenvalue weighted by Gasteiger charge is 2.20. The molecule has 0 atom stereocenters. The molecule has 1 N–H and O–H groups in total. The summed E-state index contributed by atoms with van der Waals surface area (Å²) < 4.78 is 19.2. The average Bonchev–Trinajstić information content (AvgIpc) is 3.26. The second-order valence-corrected chi connectivity index (χ2v) is 5.55. The number of benzene rings is 1. The van der Waals surface area contributed by atoms with Gasteiger partial charge in [-0.25, -0.2) is 4.39 Å². The highest BCUT2D eigenvalue weighted by molar-refractivity contribution is 9.10. The molecule has 0 aliphatic heterocycles. The van der Waals surface area contributed by atoms with Crippen LogP contribution in [0.3, 0.4) is 0 Å². The SMILES string of the molecule is Fc1cc(Oc2ccc(CNC3CC3)nn2)ccc1Br. The van der Waals surface area contributed by atoms with Crippen LogP contribution >= 0.6 is 15.9 Å². The monoisotopic (exact) mass is 337 g/mol. The molecule has 1 aromatic carbocycles. The van der Waals surface area contributed by atoms with Crippen LogP contribution in [0.4, 0.5) is 4.39 Å². The standard InChI is InChI=1S/C14H13BrFN3O/c15-12-5-4-11(7-13(12)16)20-14-6-3-10(18-19-14)8-17-9-1-2-9/h3-7,9,17H,1-2,8H2. The van der Waals surface area contributed by atoms with E-state index in [-0.39, 0.29) is 5.82 Å². The number of aromatic nitrogens is 2. The van der Waals surface area contributed by atoms with Gasteiger partial charge in [-0.2, -0.15) is 5.10 Å². The minimum Gasteiger partial charge on any atom is -0.437 e. The molecule has 3 rings (SSSR count). The molecule has 1 aliphatic carbocycles. The fourth-order valence-corrected chi connectivity index (χ4v) is 1.94. The molecule has 0 bridgehead atoms. The molecule has 0 spiro atoms. The van der Waals surface area contributed by atoms with E-state index < -0.39 is 0 Å². The number of nitrogens with zero attached hydrogens (tertiary/aromatic N) is 2. The lowest BCUT2D eigenvalue weighted by atomic mass is 10.3. The van der Waals surface area contributed by atoms with E-state index in [1.165, 1.54) is 18.9 Å². The lowest BCUT2D eigenvalue weighted by Crippen LogP contribution is -2.16. The zero-order chi connectivity index (χ0) is 13.9. The average molecular weight is 338 g/mol. The summed E-state index contributed by atoms with van der Waals surface area (Å²) in [5.74, 6) is 0.367. The molecule has 0 unspecified atom stereocenters. The molecule has 4 nitrogen and oxygen atoms in total. The maximum atomic E-state index is 13.4. The third kappa shape index (κ3) is 3.52. The first kappa shape index (κ1) is 13.5. The van der Waals surface area contributed by atoms with Crippen LogP contribution in [0.15, 0.2) is 34.8 Å². The Morgan fingerprint density at radius 2 is 2.10 bits per heavy atom. The predicted molar refractivity (Wildman–Crippen MR) is 76.1 cm³/mol. The van der Waals surface area contributed by atoms with Crippen LogP contribution in [0, 0.1) is 5.82 Å². The van der Waals surface area contributed by atoms with Crippen molar-refractivity contribution >= 4 is 15.9 Å². The second kappa shape index (κ2) is 5.85. The maximum absolute atomic E-state index is 13.4. The molecule has 1 saturated carbocycles. The molecule has 1 heterocycles. The number of nitrogens with one attached hydrogen (secondary N) is 1. The zero-order valence-electron chi connectivity index (χ0n) is 10.6. The van der Waals surface area contributed by atoms with Crippen molar-refractivity contribution in [3.8, 4) is 11.6 Å². The largest absolute Gasteiger partial charge is 0.437 e. The Morgan fingerprint density at radius 3 is 2.75 bits per heavy atom. The Balaban J connectivity index is 1.62. The Bertz CT molecular complexity index is 602. The van der Waals surface area contributed by atoms with Gasteiger partial charge in [-0.3, -0.25) is 0 Å². The van der Waals surface area contributed by atoms with Crippen LogP contribution in [0.25, 0.3) is 0 Å². The van der Waals surface area contributed by atoms with Gasteiger partial charge in [0.25, 0.3) is 0 Å². The smallest absolute Gasteiger partial charge is 0.238 e. The van der Waals surface area contributed by atoms with Crippen molar-refractivity contribution in [1.82, 2.24) is 15.5 Å². The second-order valence-electron chi connectivity index (χ2n) is 4.70. The van der Waals surface area contributed by atoms with Gasteiger partial charge in [-0.1, -0.05) is 0 Å². The number of hydrogen-bond donors (Lipinski definition) is 1. The number of halogens is 2. The number of rotatable bonds is 5. The summed E-state index contributed by atoms with van der Waals surface area (Å²) in [6, 6.07) is 8.78. The van der Waals surface area contributed by atoms with Crippen molar-refractivity contribution in [2.45, 2.75) is 25.4 Å². The summed E-state index contributed by atoms with van der Waals surface area (Å²) in [5.41, 5.74) is 0.867. The van der Waals surface area contributed by atoms with Crippen molar-refractivity contribution in [1.29, 1.82) is 0 Å². The molecular formula is C14H13BrFN3O. The summed E-state index contributed by atoms with van der Waals surface area (Å²) in [5, 5.41) is 11.4. The molecule has 1 aromatic heterocycles. The van der Waals surface area contributed by atoms with Gasteiger partial charge in [0.1, 0.15) is 11.6 Å². The van der Waals surface area contributed by atoms with Crippen LogP contribution in [-0.4, -0.2) is 16.2 Å². The van der Waals surface area contributed by atoms with Gasteiger partial charge in [-0.15, -0.1) is 5.10 Å². The summed E-state index contributed by atoms with van der Waals surface area (Å²) in [6.45, 7) is 0.713. The maximum Gasteiger partial charge on any atom is 0.238 e. The van der Waals surface area contributed by atoms with E-state index in [9.17, 15) is 4.39 Å². The van der Waals surface area contributed by atoms with Crippen LogP contribution in [0.5, 0.6) is 11.6 Å². The van der Waals surface area contributed by atoms with E-state index in [0.29, 0.717) is 28.7 Å². The van der Waals surface area contributed by atoms with E-state index in [1.54, 1.807) is 18.2 Å². The van der Waals surface area contributed by atoms with Crippen molar-refractivity contribution in [2.24, 2.45) is 0 Å². The molecule has 1 aliphatic rings. The molecule has 0 radical (unpaired) electrons. The molecular weight excluding hydrogens is 325 g/mol. The fraction of sp³-hybridized carbons (Fsp3) is 0.286. The molecule has 104 valence electrons. The van der Waals surface area contributed by atoms with Crippen molar-refractivity contribution < 1.29 is 9.13 Å². The highest BCUT2D eigenvalue weighted by atomic mass is 79.9. The van der Waals surface area contributed by atoms with Crippen molar-refractivity contribution in [3.63, 3.8) is 0 Å². The molecule has 0 saturated heterocycles. The number of hydrogen-bond acceptors (Lipinski definition) is 4. The van der Waals surface area contributed by atoms with Crippen molar-refractivity contribution in [3.05, 3.63) is 46.3 Å². The van der Waals surface area contributed by atoms with E-state index in [2.05, 4.69) is 31.4 Å². The summed E-state index contributed by atoms with van der Waals surface area (Å²) in [6.07, 6.45) is 2.48. The van der Waals surface area contributed by atoms with E-state index in [4.69, 9.17) is 4.74 Å². The van der Waals surface area contributed by atoms with Crippen LogP contribution < -0.4 is 10.1 Å². The van der Waals surface area contributed by atoms with Crippen molar-refractivity contribution in [2.75, 3.05) is 0 Å². The normalized spacial score (nSPS) is 14.3. The van der Waals surface area contributed by atoms with E-state index in [0.717, 1.165) is 5.69 Å². The zero-order valence-corrected chi connectivity index (χ0v) is 12.2. The van der Waals surface area contributed by atoms with E-state index in [1.807, 2.05) is 6.07 Å². The first-order valence-electron chi connectivity index (χ1n) is 6.39. The Hall–Kier alpha value is -1.53. The van der Waals surface area contributed by atoms with Gasteiger partial charge < -0.3 is 10.1 Å². The minimum atomic E-state index is -0.374. The fourth-order valence-electron chi connectivity index (χ4n) is 1.69. The molecule has 1 fully saturated rings. The van der Waals surface area contributed by atoms with E-state index >= 15 is 0 Å². The van der Waals surface area contributed by atoms with Gasteiger partial charge in [-0.05, 0) is 47.0 Å². The molecule has 0 amide bonds. The van der Waals surface area contributed by atoms with Gasteiger partial charge in [0.2, 0.25) is 5.88 Å². The van der Waals surface area contributed by atoms with Gasteiger partial charge in [0, 0.05) is 24.7 Å². The summed E-state index contributed by atoms with van der Waals surface area (Å²) in [4.78, 5) is 0. The van der Waals surface area contributed by atoms with Crippen LogP contribution in [0.1, 0.15) is 18.5 Å². The minimum absolute atomic E-state index is 0.349. The first-order chi connectivity index (χ1) is 9.70.